The minimum absolute atomic E-state index is 0.239. The van der Waals surface area contributed by atoms with Crippen molar-refractivity contribution >= 4 is 5.91 Å². The number of carbonyl (C=O) groups excluding carboxylic acids is 1. The lowest BCUT2D eigenvalue weighted by Crippen LogP contribution is -2.43. The van der Waals surface area contributed by atoms with Crippen LogP contribution in [0.5, 0.6) is 0 Å². The Morgan fingerprint density at radius 1 is 1.65 bits per heavy atom. The first kappa shape index (κ1) is 12.1. The molecule has 1 amide bonds. The summed E-state index contributed by atoms with van der Waals surface area (Å²) in [6.45, 7) is 3.68. The molecule has 0 aliphatic carbocycles. The van der Waals surface area contributed by atoms with E-state index in [1.807, 2.05) is 12.4 Å². The van der Waals surface area contributed by atoms with Gasteiger partial charge in [-0.05, 0) is 13.5 Å². The first-order valence-corrected chi connectivity index (χ1v) is 5.89. The predicted molar refractivity (Wildman–Crippen MR) is 64.2 cm³/mol. The molecule has 0 aromatic carbocycles. The van der Waals surface area contributed by atoms with Crippen molar-refractivity contribution < 1.29 is 4.79 Å². The van der Waals surface area contributed by atoms with Crippen LogP contribution in [0.4, 0.5) is 0 Å². The number of hydrogen-bond acceptors (Lipinski definition) is 4. The Labute approximate surface area is 101 Å². The van der Waals surface area contributed by atoms with Crippen LogP contribution in [0, 0.1) is 0 Å². The Bertz CT molecular complexity index is 389. The summed E-state index contributed by atoms with van der Waals surface area (Å²) < 4.78 is 2.17. The van der Waals surface area contributed by atoms with Crippen molar-refractivity contribution in [1.82, 2.24) is 19.8 Å². The zero-order chi connectivity index (χ0) is 12.3. The van der Waals surface area contributed by atoms with Crippen molar-refractivity contribution in [3.05, 3.63) is 18.2 Å². The van der Waals surface area contributed by atoms with Crippen LogP contribution >= 0.6 is 0 Å². The Hall–Kier alpha value is -1.40. The van der Waals surface area contributed by atoms with E-state index in [1.54, 1.807) is 7.05 Å². The molecule has 6 heteroatoms. The summed E-state index contributed by atoms with van der Waals surface area (Å²) in [6.07, 6.45) is 4.58. The number of hydrogen-bond donors (Lipinski definition) is 2. The molecule has 0 fully saturated rings. The van der Waals surface area contributed by atoms with Gasteiger partial charge in [0.2, 0.25) is 5.91 Å². The van der Waals surface area contributed by atoms with Gasteiger partial charge in [-0.2, -0.15) is 0 Å². The molecular formula is C11H19N5O. The number of aromatic nitrogens is 2. The first-order chi connectivity index (χ1) is 8.20. The van der Waals surface area contributed by atoms with Crippen LogP contribution in [-0.4, -0.2) is 46.5 Å². The van der Waals surface area contributed by atoms with Gasteiger partial charge in [0.1, 0.15) is 5.82 Å². The first-order valence-electron chi connectivity index (χ1n) is 5.89. The summed E-state index contributed by atoms with van der Waals surface area (Å²) in [5.74, 6) is 0.808. The highest BCUT2D eigenvalue weighted by Crippen LogP contribution is 2.10. The van der Waals surface area contributed by atoms with Crippen molar-refractivity contribution in [2.75, 3.05) is 20.1 Å². The highest BCUT2D eigenvalue weighted by atomic mass is 16.1. The fourth-order valence-corrected chi connectivity index (χ4v) is 2.15. The van der Waals surface area contributed by atoms with Crippen molar-refractivity contribution in [3.8, 4) is 0 Å². The van der Waals surface area contributed by atoms with Gasteiger partial charge in [0.25, 0.3) is 0 Å². The Morgan fingerprint density at radius 2 is 2.47 bits per heavy atom. The van der Waals surface area contributed by atoms with Crippen LogP contribution in [-0.2, 0) is 17.9 Å². The van der Waals surface area contributed by atoms with Gasteiger partial charge in [-0.1, -0.05) is 0 Å². The minimum Gasteiger partial charge on any atom is -0.368 e. The van der Waals surface area contributed by atoms with E-state index >= 15 is 0 Å². The van der Waals surface area contributed by atoms with Crippen molar-refractivity contribution in [1.29, 1.82) is 0 Å². The summed E-state index contributed by atoms with van der Waals surface area (Å²) in [5, 5.41) is 2.93. The average Bonchev–Trinajstić information content (AvgIpc) is 2.76. The largest absolute Gasteiger partial charge is 0.368 e. The maximum Gasteiger partial charge on any atom is 0.234 e. The third-order valence-corrected chi connectivity index (χ3v) is 3.25. The highest BCUT2D eigenvalue weighted by molar-refractivity contribution is 5.79. The summed E-state index contributed by atoms with van der Waals surface area (Å²) >= 11 is 0. The number of likely N-dealkylation sites (N-methyl/N-ethyl adjacent to an activating group) is 1. The van der Waals surface area contributed by atoms with Crippen molar-refractivity contribution in [2.45, 2.75) is 25.6 Å². The zero-order valence-electron chi connectivity index (χ0n) is 10.1. The lowest BCUT2D eigenvalue weighted by Gasteiger charge is -2.28. The van der Waals surface area contributed by atoms with Crippen LogP contribution in [0.2, 0.25) is 0 Å². The third-order valence-electron chi connectivity index (χ3n) is 3.25. The van der Waals surface area contributed by atoms with E-state index in [1.165, 1.54) is 0 Å². The van der Waals surface area contributed by atoms with Gasteiger partial charge in [-0.3, -0.25) is 9.69 Å². The molecule has 1 aliphatic rings. The molecule has 17 heavy (non-hydrogen) atoms. The number of rotatable bonds is 5. The van der Waals surface area contributed by atoms with Crippen LogP contribution in [0.1, 0.15) is 12.2 Å². The zero-order valence-corrected chi connectivity index (χ0v) is 10.1. The number of amides is 1. The van der Waals surface area contributed by atoms with Gasteiger partial charge in [-0.15, -0.1) is 0 Å². The van der Waals surface area contributed by atoms with E-state index in [0.717, 1.165) is 38.4 Å². The molecule has 1 aliphatic heterocycles. The molecule has 1 aromatic heterocycles. The predicted octanol–water partition coefficient (Wildman–Crippen LogP) is -0.838. The molecule has 0 saturated carbocycles. The maximum atomic E-state index is 11.1. The molecule has 1 aromatic rings. The summed E-state index contributed by atoms with van der Waals surface area (Å²) in [4.78, 5) is 17.7. The molecule has 0 saturated heterocycles. The molecule has 2 rings (SSSR count). The monoisotopic (exact) mass is 237 g/mol. The standard InChI is InChI=1S/C11H19N5O/c1-13-9(11(12)17)2-4-15-6-7-16-5-3-14-10(16)8-15/h3,5,9,13H,2,4,6-8H2,1H3,(H2,12,17). The number of imidazole rings is 1. The summed E-state index contributed by atoms with van der Waals surface area (Å²) in [7, 11) is 1.76. The van der Waals surface area contributed by atoms with Gasteiger partial charge in [0.05, 0.1) is 12.6 Å². The molecule has 6 nitrogen and oxygen atoms in total. The SMILES string of the molecule is CNC(CCN1CCn2ccnc2C1)C(N)=O. The second kappa shape index (κ2) is 5.29. The minimum atomic E-state index is -0.286. The topological polar surface area (TPSA) is 76.2 Å². The van der Waals surface area contributed by atoms with E-state index < -0.39 is 0 Å². The fourth-order valence-electron chi connectivity index (χ4n) is 2.15. The number of carbonyl (C=O) groups is 1. The molecule has 2 heterocycles. The van der Waals surface area contributed by atoms with E-state index in [2.05, 4.69) is 19.8 Å². The molecule has 0 radical (unpaired) electrons. The number of nitrogens with two attached hydrogens (primary N) is 1. The van der Waals surface area contributed by atoms with Crippen molar-refractivity contribution in [2.24, 2.45) is 5.73 Å². The molecule has 0 bridgehead atoms. The second-order valence-electron chi connectivity index (χ2n) is 4.35. The Balaban J connectivity index is 1.84. The summed E-state index contributed by atoms with van der Waals surface area (Å²) in [5.41, 5.74) is 5.29. The van der Waals surface area contributed by atoms with Crippen LogP contribution < -0.4 is 11.1 Å². The van der Waals surface area contributed by atoms with Gasteiger partial charge >= 0.3 is 0 Å². The number of nitrogens with zero attached hydrogens (tertiary/aromatic N) is 3. The Morgan fingerprint density at radius 3 is 3.18 bits per heavy atom. The van der Waals surface area contributed by atoms with Crippen molar-refractivity contribution in [3.63, 3.8) is 0 Å². The molecule has 94 valence electrons. The third kappa shape index (κ3) is 2.83. The van der Waals surface area contributed by atoms with Gasteiger partial charge in [0, 0.05) is 32.0 Å². The van der Waals surface area contributed by atoms with Gasteiger partial charge < -0.3 is 15.6 Å². The molecule has 3 N–H and O–H groups in total. The molecule has 0 spiro atoms. The quantitative estimate of drug-likeness (QED) is 0.700. The second-order valence-corrected chi connectivity index (χ2v) is 4.35. The Kier molecular flexibility index (Phi) is 3.75. The smallest absolute Gasteiger partial charge is 0.234 e. The van der Waals surface area contributed by atoms with E-state index in [0.29, 0.717) is 0 Å². The van der Waals surface area contributed by atoms with Crippen LogP contribution in [0.25, 0.3) is 0 Å². The maximum absolute atomic E-state index is 11.1. The lowest BCUT2D eigenvalue weighted by atomic mass is 10.2. The number of primary amides is 1. The average molecular weight is 237 g/mol. The number of fused-ring (bicyclic) bond motifs is 1. The van der Waals surface area contributed by atoms with Gasteiger partial charge in [-0.25, -0.2) is 4.98 Å². The lowest BCUT2D eigenvalue weighted by molar-refractivity contribution is -0.120. The fraction of sp³-hybridized carbons (Fsp3) is 0.636. The molecule has 1 atom stereocenters. The van der Waals surface area contributed by atoms with E-state index in [-0.39, 0.29) is 11.9 Å². The molecule has 1 unspecified atom stereocenters. The summed E-state index contributed by atoms with van der Waals surface area (Å²) in [6, 6.07) is -0.239. The van der Waals surface area contributed by atoms with E-state index in [9.17, 15) is 4.79 Å². The highest BCUT2D eigenvalue weighted by Gasteiger charge is 2.19. The molecular weight excluding hydrogens is 218 g/mol. The van der Waals surface area contributed by atoms with Crippen LogP contribution in [0.15, 0.2) is 12.4 Å². The van der Waals surface area contributed by atoms with Gasteiger partial charge in [0.15, 0.2) is 0 Å². The van der Waals surface area contributed by atoms with E-state index in [4.69, 9.17) is 5.73 Å². The normalized spacial score (nSPS) is 17.7. The number of nitrogens with one attached hydrogen (secondary N) is 1. The van der Waals surface area contributed by atoms with Crippen LogP contribution in [0.3, 0.4) is 0 Å².